The number of ether oxygens (including phenoxy) is 2. The van der Waals surface area contributed by atoms with E-state index in [0.717, 1.165) is 11.3 Å². The molecule has 0 radical (unpaired) electrons. The summed E-state index contributed by atoms with van der Waals surface area (Å²) in [4.78, 5) is 23.7. The maximum absolute atomic E-state index is 12.3. The molecule has 2 aromatic carbocycles. The van der Waals surface area contributed by atoms with Crippen LogP contribution in [0.25, 0.3) is 0 Å². The summed E-state index contributed by atoms with van der Waals surface area (Å²) in [6.45, 7) is 0. The van der Waals surface area contributed by atoms with Gasteiger partial charge in [-0.3, -0.25) is 4.79 Å². The lowest BCUT2D eigenvalue weighted by Crippen LogP contribution is -2.21. The van der Waals surface area contributed by atoms with Crippen LogP contribution in [0.3, 0.4) is 0 Å². The van der Waals surface area contributed by atoms with E-state index in [1.165, 1.54) is 14.2 Å². The molecule has 1 aliphatic rings. The van der Waals surface area contributed by atoms with Crippen molar-refractivity contribution in [1.82, 2.24) is 0 Å². The second-order valence-corrected chi connectivity index (χ2v) is 5.54. The van der Waals surface area contributed by atoms with Gasteiger partial charge in [-0.25, -0.2) is 4.79 Å². The minimum atomic E-state index is -0.397. The number of fused-ring (bicyclic) bond motifs is 1. The normalized spacial score (nSPS) is 12.6. The summed E-state index contributed by atoms with van der Waals surface area (Å²) in [7, 11) is 3.05. The number of hydrogen-bond donors (Lipinski definition) is 3. The third-order valence-corrected chi connectivity index (χ3v) is 3.91. The molecule has 130 valence electrons. The Balaban J connectivity index is 1.72. The van der Waals surface area contributed by atoms with Gasteiger partial charge in [-0.2, -0.15) is 0 Å². The standard InChI is InChI=1S/C18H19N3O4/c1-24-15-5-3-4-14(17(15)25-2)21-18(23)19-12-7-8-13-11(10-12)6-9-16(22)20-13/h3-5,7-8,10H,6,9H2,1-2H3,(H,20,22)(H2,19,21,23). The molecule has 0 unspecified atom stereocenters. The van der Waals surface area contributed by atoms with Crippen LogP contribution in [0, 0.1) is 0 Å². The number of urea groups is 1. The number of para-hydroxylation sites is 1. The minimum absolute atomic E-state index is 0.0103. The van der Waals surface area contributed by atoms with Crippen LogP contribution in [0.1, 0.15) is 12.0 Å². The minimum Gasteiger partial charge on any atom is -0.493 e. The van der Waals surface area contributed by atoms with Crippen molar-refractivity contribution in [1.29, 1.82) is 0 Å². The van der Waals surface area contributed by atoms with Crippen LogP contribution < -0.4 is 25.4 Å². The van der Waals surface area contributed by atoms with Crippen LogP contribution in [0.2, 0.25) is 0 Å². The summed E-state index contributed by atoms with van der Waals surface area (Å²) in [5.41, 5.74) is 2.94. The second kappa shape index (κ2) is 7.12. The predicted molar refractivity (Wildman–Crippen MR) is 95.6 cm³/mol. The van der Waals surface area contributed by atoms with E-state index in [2.05, 4.69) is 16.0 Å². The molecular weight excluding hydrogens is 322 g/mol. The molecule has 7 nitrogen and oxygen atoms in total. The molecule has 0 saturated heterocycles. The summed E-state index contributed by atoms with van der Waals surface area (Å²) in [6.07, 6.45) is 1.10. The monoisotopic (exact) mass is 341 g/mol. The van der Waals surface area contributed by atoms with Crippen molar-refractivity contribution in [3.63, 3.8) is 0 Å². The van der Waals surface area contributed by atoms with E-state index in [1.807, 2.05) is 6.07 Å². The Hall–Kier alpha value is -3.22. The van der Waals surface area contributed by atoms with Gasteiger partial charge in [-0.15, -0.1) is 0 Å². The number of carbonyl (C=O) groups excluding carboxylic acids is 2. The van der Waals surface area contributed by atoms with E-state index in [4.69, 9.17) is 9.47 Å². The van der Waals surface area contributed by atoms with Crippen LogP contribution in [0.15, 0.2) is 36.4 Å². The first-order valence-electron chi connectivity index (χ1n) is 7.82. The SMILES string of the molecule is COc1cccc(NC(=O)Nc2ccc3c(c2)CCC(=O)N3)c1OC. The lowest BCUT2D eigenvalue weighted by Gasteiger charge is -2.18. The first-order valence-corrected chi connectivity index (χ1v) is 7.82. The van der Waals surface area contributed by atoms with Crippen molar-refractivity contribution in [3.8, 4) is 11.5 Å². The Bertz CT molecular complexity index is 820. The Labute approximate surface area is 145 Å². The topological polar surface area (TPSA) is 88.7 Å². The summed E-state index contributed by atoms with van der Waals surface area (Å²) < 4.78 is 10.5. The molecule has 0 spiro atoms. The number of methoxy groups -OCH3 is 2. The first-order chi connectivity index (χ1) is 12.1. The summed E-state index contributed by atoms with van der Waals surface area (Å²) in [6, 6.07) is 10.2. The van der Waals surface area contributed by atoms with E-state index in [0.29, 0.717) is 35.7 Å². The molecule has 3 rings (SSSR count). The highest BCUT2D eigenvalue weighted by Gasteiger charge is 2.16. The molecule has 1 aliphatic heterocycles. The van der Waals surface area contributed by atoms with Crippen molar-refractivity contribution >= 4 is 29.0 Å². The summed E-state index contributed by atoms with van der Waals surface area (Å²) in [5.74, 6) is 0.995. The number of benzene rings is 2. The van der Waals surface area contributed by atoms with E-state index in [1.54, 1.807) is 30.3 Å². The molecule has 0 aromatic heterocycles. The van der Waals surface area contributed by atoms with Gasteiger partial charge in [0, 0.05) is 17.8 Å². The largest absolute Gasteiger partial charge is 0.493 e. The molecule has 25 heavy (non-hydrogen) atoms. The Morgan fingerprint density at radius 1 is 1.08 bits per heavy atom. The fraction of sp³-hybridized carbons (Fsp3) is 0.222. The summed E-state index contributed by atoms with van der Waals surface area (Å²) >= 11 is 0. The number of aryl methyl sites for hydroxylation is 1. The molecule has 0 bridgehead atoms. The smallest absolute Gasteiger partial charge is 0.323 e. The highest BCUT2D eigenvalue weighted by molar-refractivity contribution is 6.01. The molecular formula is C18H19N3O4. The van der Waals surface area contributed by atoms with Gasteiger partial charge in [-0.1, -0.05) is 6.07 Å². The number of amides is 3. The van der Waals surface area contributed by atoms with Crippen LogP contribution in [-0.4, -0.2) is 26.2 Å². The van der Waals surface area contributed by atoms with Crippen LogP contribution >= 0.6 is 0 Å². The molecule has 1 heterocycles. The average Bonchev–Trinajstić information content (AvgIpc) is 2.61. The van der Waals surface area contributed by atoms with Gasteiger partial charge in [0.15, 0.2) is 11.5 Å². The zero-order valence-corrected chi connectivity index (χ0v) is 14.0. The van der Waals surface area contributed by atoms with Crippen LogP contribution in [0.5, 0.6) is 11.5 Å². The molecule has 3 N–H and O–H groups in total. The number of nitrogens with one attached hydrogen (secondary N) is 3. The molecule has 7 heteroatoms. The quantitative estimate of drug-likeness (QED) is 0.796. The molecule has 3 amide bonds. The van der Waals surface area contributed by atoms with Gasteiger partial charge < -0.3 is 25.4 Å². The van der Waals surface area contributed by atoms with E-state index >= 15 is 0 Å². The average molecular weight is 341 g/mol. The third kappa shape index (κ3) is 3.65. The van der Waals surface area contributed by atoms with E-state index in [9.17, 15) is 9.59 Å². The Kier molecular flexibility index (Phi) is 4.74. The first kappa shape index (κ1) is 16.6. The number of anilines is 3. The van der Waals surface area contributed by atoms with E-state index < -0.39 is 6.03 Å². The molecule has 0 saturated carbocycles. The van der Waals surface area contributed by atoms with Gasteiger partial charge in [0.25, 0.3) is 0 Å². The maximum atomic E-state index is 12.3. The Morgan fingerprint density at radius 3 is 2.68 bits per heavy atom. The number of hydrogen-bond acceptors (Lipinski definition) is 4. The Morgan fingerprint density at radius 2 is 1.92 bits per heavy atom. The van der Waals surface area contributed by atoms with Gasteiger partial charge in [0.2, 0.25) is 5.91 Å². The highest BCUT2D eigenvalue weighted by atomic mass is 16.5. The van der Waals surface area contributed by atoms with Crippen LogP contribution in [-0.2, 0) is 11.2 Å². The van der Waals surface area contributed by atoms with Crippen molar-refractivity contribution in [2.24, 2.45) is 0 Å². The lowest BCUT2D eigenvalue weighted by molar-refractivity contribution is -0.116. The zero-order chi connectivity index (χ0) is 17.8. The number of rotatable bonds is 4. The predicted octanol–water partition coefficient (Wildman–Crippen LogP) is 3.23. The van der Waals surface area contributed by atoms with Crippen molar-refractivity contribution < 1.29 is 19.1 Å². The highest BCUT2D eigenvalue weighted by Crippen LogP contribution is 2.34. The molecule has 2 aromatic rings. The third-order valence-electron chi connectivity index (χ3n) is 3.91. The van der Waals surface area contributed by atoms with Crippen molar-refractivity contribution in [2.45, 2.75) is 12.8 Å². The lowest BCUT2D eigenvalue weighted by atomic mass is 10.0. The second-order valence-electron chi connectivity index (χ2n) is 5.54. The fourth-order valence-corrected chi connectivity index (χ4v) is 2.73. The molecule has 0 aliphatic carbocycles. The van der Waals surface area contributed by atoms with Crippen molar-refractivity contribution in [3.05, 3.63) is 42.0 Å². The van der Waals surface area contributed by atoms with Crippen LogP contribution in [0.4, 0.5) is 21.9 Å². The van der Waals surface area contributed by atoms with E-state index in [-0.39, 0.29) is 5.91 Å². The summed E-state index contributed by atoms with van der Waals surface area (Å²) in [5, 5.41) is 8.34. The molecule has 0 atom stereocenters. The van der Waals surface area contributed by atoms with Gasteiger partial charge >= 0.3 is 6.03 Å². The fourth-order valence-electron chi connectivity index (χ4n) is 2.73. The van der Waals surface area contributed by atoms with Gasteiger partial charge in [0.1, 0.15) is 0 Å². The molecule has 0 fully saturated rings. The van der Waals surface area contributed by atoms with Crippen molar-refractivity contribution in [2.75, 3.05) is 30.2 Å². The zero-order valence-electron chi connectivity index (χ0n) is 14.0. The number of carbonyl (C=O) groups is 2. The van der Waals surface area contributed by atoms with Gasteiger partial charge in [0.05, 0.1) is 19.9 Å². The van der Waals surface area contributed by atoms with Gasteiger partial charge in [-0.05, 0) is 42.3 Å². The maximum Gasteiger partial charge on any atom is 0.323 e.